The van der Waals surface area contributed by atoms with Gasteiger partial charge in [-0.25, -0.2) is 9.48 Å². The van der Waals surface area contributed by atoms with Crippen molar-refractivity contribution in [2.24, 2.45) is 0 Å². The van der Waals surface area contributed by atoms with Gasteiger partial charge in [0.1, 0.15) is 11.4 Å². The number of rotatable bonds is 3. The number of carbonyl (C=O) groups is 1. The summed E-state index contributed by atoms with van der Waals surface area (Å²) in [6, 6.07) is 6.97. The van der Waals surface area contributed by atoms with Gasteiger partial charge in [-0.3, -0.25) is 0 Å². The fourth-order valence-electron chi connectivity index (χ4n) is 2.70. The first-order valence-electron chi connectivity index (χ1n) is 7.07. The van der Waals surface area contributed by atoms with Crippen LogP contribution in [-0.4, -0.2) is 29.4 Å². The van der Waals surface area contributed by atoms with Gasteiger partial charge in [0.2, 0.25) is 0 Å². The van der Waals surface area contributed by atoms with E-state index in [0.29, 0.717) is 18.1 Å². The Balaban J connectivity index is 2.01. The average molecular weight is 360 g/mol. The highest BCUT2D eigenvalue weighted by atomic mass is 35.5. The van der Waals surface area contributed by atoms with Gasteiger partial charge in [-0.05, 0) is 17.7 Å². The molecule has 2 heterocycles. The zero-order valence-electron chi connectivity index (χ0n) is 12.6. The van der Waals surface area contributed by atoms with Gasteiger partial charge in [0, 0.05) is 18.1 Å². The molecule has 5 nitrogen and oxygen atoms in total. The molecule has 3 rings (SSSR count). The van der Waals surface area contributed by atoms with E-state index in [1.165, 1.54) is 4.68 Å². The normalized spacial score (nSPS) is 14.0. The van der Waals surface area contributed by atoms with E-state index in [2.05, 4.69) is 9.84 Å². The van der Waals surface area contributed by atoms with Crippen molar-refractivity contribution in [3.05, 3.63) is 46.1 Å². The number of nitrogens with zero attached hydrogens (tertiary/aromatic N) is 3. The third-order valence-electron chi connectivity index (χ3n) is 3.75. The minimum absolute atomic E-state index is 0.129. The highest BCUT2D eigenvalue weighted by molar-refractivity contribution is 6.30. The number of halogens is 4. The highest BCUT2D eigenvalue weighted by Gasteiger charge is 2.44. The molecule has 0 radical (unpaired) electrons. The van der Waals surface area contributed by atoms with Gasteiger partial charge in [0.15, 0.2) is 5.69 Å². The van der Waals surface area contributed by atoms with Gasteiger partial charge < -0.3 is 9.64 Å². The Labute approximate surface area is 140 Å². The predicted octanol–water partition coefficient (Wildman–Crippen LogP) is 3.36. The Hall–Kier alpha value is -2.22. The van der Waals surface area contributed by atoms with E-state index in [1.807, 2.05) is 0 Å². The molecule has 1 aliphatic heterocycles. The number of benzene rings is 1. The summed E-state index contributed by atoms with van der Waals surface area (Å²) in [5, 5.41) is 4.13. The van der Waals surface area contributed by atoms with Gasteiger partial charge >= 0.3 is 12.1 Å². The van der Waals surface area contributed by atoms with E-state index >= 15 is 0 Å². The maximum absolute atomic E-state index is 13.2. The Morgan fingerprint density at radius 3 is 2.54 bits per heavy atom. The molecular weight excluding hydrogens is 347 g/mol. The van der Waals surface area contributed by atoms with Crippen LogP contribution in [0, 0.1) is 0 Å². The number of esters is 1. The van der Waals surface area contributed by atoms with Crippen LogP contribution in [0.4, 0.5) is 19.0 Å². The second-order valence-corrected chi connectivity index (χ2v) is 5.74. The number of anilines is 1. The van der Waals surface area contributed by atoms with Gasteiger partial charge in [0.25, 0.3) is 0 Å². The number of hydrogen-bond donors (Lipinski definition) is 0. The first kappa shape index (κ1) is 16.6. The number of methoxy groups -OCH3 is 1. The quantitative estimate of drug-likeness (QED) is 0.788. The number of ether oxygens (including phenoxy) is 1. The molecule has 0 saturated heterocycles. The summed E-state index contributed by atoms with van der Waals surface area (Å²) < 4.78 is 45.3. The third kappa shape index (κ3) is 2.93. The summed E-state index contributed by atoms with van der Waals surface area (Å²) >= 11 is 5.83. The molecule has 0 N–H and O–H groups in total. The molecular formula is C15H13ClF3N3O2. The van der Waals surface area contributed by atoms with Crippen LogP contribution in [0.1, 0.15) is 21.6 Å². The zero-order valence-corrected chi connectivity index (χ0v) is 13.4. The number of aromatic nitrogens is 2. The monoisotopic (exact) mass is 359 g/mol. The smallest absolute Gasteiger partial charge is 0.436 e. The molecule has 0 saturated carbocycles. The molecule has 1 aromatic heterocycles. The summed E-state index contributed by atoms with van der Waals surface area (Å²) in [5.74, 6) is -0.921. The second-order valence-electron chi connectivity index (χ2n) is 5.31. The van der Waals surface area contributed by atoms with E-state index in [-0.39, 0.29) is 12.4 Å². The van der Waals surface area contributed by atoms with Crippen LogP contribution >= 0.6 is 11.6 Å². The molecule has 0 atom stereocenters. The van der Waals surface area contributed by atoms with Gasteiger partial charge in [-0.1, -0.05) is 23.7 Å². The van der Waals surface area contributed by atoms with Crippen molar-refractivity contribution < 1.29 is 22.7 Å². The van der Waals surface area contributed by atoms with Crippen molar-refractivity contribution in [2.45, 2.75) is 19.3 Å². The third-order valence-corrected chi connectivity index (χ3v) is 4.00. The maximum atomic E-state index is 13.2. The summed E-state index contributed by atoms with van der Waals surface area (Å²) in [6.07, 6.45) is -4.73. The minimum Gasteiger partial charge on any atom is -0.465 e. The highest BCUT2D eigenvalue weighted by Crippen LogP contribution is 2.38. The topological polar surface area (TPSA) is 47.4 Å². The summed E-state index contributed by atoms with van der Waals surface area (Å²) in [4.78, 5) is 13.6. The van der Waals surface area contributed by atoms with E-state index in [4.69, 9.17) is 11.6 Å². The largest absolute Gasteiger partial charge is 0.465 e. The van der Waals surface area contributed by atoms with Crippen LogP contribution in [0.3, 0.4) is 0 Å². The van der Waals surface area contributed by atoms with Crippen molar-refractivity contribution >= 4 is 23.4 Å². The van der Waals surface area contributed by atoms with E-state index in [0.717, 1.165) is 12.7 Å². The molecule has 0 aliphatic carbocycles. The van der Waals surface area contributed by atoms with Crippen molar-refractivity contribution in [3.8, 4) is 0 Å². The molecule has 1 aliphatic rings. The molecule has 128 valence electrons. The fraction of sp³-hybridized carbons (Fsp3) is 0.333. The van der Waals surface area contributed by atoms with Crippen LogP contribution in [0.25, 0.3) is 0 Å². The van der Waals surface area contributed by atoms with Gasteiger partial charge in [-0.2, -0.15) is 18.3 Å². The second kappa shape index (κ2) is 6.01. The first-order chi connectivity index (χ1) is 11.3. The lowest BCUT2D eigenvalue weighted by Crippen LogP contribution is -2.23. The molecule has 24 heavy (non-hydrogen) atoms. The first-order valence-corrected chi connectivity index (χ1v) is 7.44. The number of alkyl halides is 3. The van der Waals surface area contributed by atoms with Crippen LogP contribution in [-0.2, 0) is 24.0 Å². The molecule has 0 unspecified atom stereocenters. The van der Waals surface area contributed by atoms with E-state index in [1.54, 1.807) is 29.2 Å². The lowest BCUT2D eigenvalue weighted by atomic mass is 10.2. The maximum Gasteiger partial charge on any atom is 0.436 e. The Bertz CT molecular complexity index is 772. The van der Waals surface area contributed by atoms with Crippen molar-refractivity contribution in [1.82, 2.24) is 9.78 Å². The zero-order chi connectivity index (χ0) is 17.5. The number of fused-ring (bicyclic) bond motifs is 1. The summed E-state index contributed by atoms with van der Waals surface area (Å²) in [6.45, 7) is 1.06. The lowest BCUT2D eigenvalue weighted by molar-refractivity contribution is -0.142. The van der Waals surface area contributed by atoms with Crippen LogP contribution < -0.4 is 4.90 Å². The molecule has 9 heteroatoms. The van der Waals surface area contributed by atoms with Crippen LogP contribution in [0.15, 0.2) is 24.3 Å². The van der Waals surface area contributed by atoms with Crippen molar-refractivity contribution in [2.75, 3.05) is 18.6 Å². The number of carbonyl (C=O) groups excluding carboxylic acids is 1. The Morgan fingerprint density at radius 1 is 1.29 bits per heavy atom. The average Bonchev–Trinajstić information content (AvgIpc) is 3.08. The molecule has 2 aromatic rings. The SMILES string of the molecule is COC(=O)c1c(C(F)(F)F)nn2c1N(Cc1ccc(Cl)cc1)CC2. The van der Waals surface area contributed by atoms with Crippen LogP contribution in [0.5, 0.6) is 0 Å². The van der Waals surface area contributed by atoms with Gasteiger partial charge in [-0.15, -0.1) is 0 Å². The molecule has 1 aromatic carbocycles. The van der Waals surface area contributed by atoms with E-state index < -0.39 is 23.4 Å². The fourth-order valence-corrected chi connectivity index (χ4v) is 2.83. The Morgan fingerprint density at radius 2 is 1.96 bits per heavy atom. The summed E-state index contributed by atoms with van der Waals surface area (Å²) in [7, 11) is 1.05. The number of hydrogen-bond acceptors (Lipinski definition) is 4. The van der Waals surface area contributed by atoms with E-state index in [9.17, 15) is 18.0 Å². The lowest BCUT2D eigenvalue weighted by Gasteiger charge is -2.19. The molecule has 0 fully saturated rings. The molecule has 0 spiro atoms. The van der Waals surface area contributed by atoms with Crippen molar-refractivity contribution in [3.63, 3.8) is 0 Å². The molecule has 0 bridgehead atoms. The predicted molar refractivity (Wildman–Crippen MR) is 81.1 cm³/mol. The van der Waals surface area contributed by atoms with Gasteiger partial charge in [0.05, 0.1) is 13.7 Å². The van der Waals surface area contributed by atoms with Crippen LogP contribution in [0.2, 0.25) is 5.02 Å². The van der Waals surface area contributed by atoms with Crippen molar-refractivity contribution in [1.29, 1.82) is 0 Å². The standard InChI is InChI=1S/C15H13ClF3N3O2/c1-24-14(23)11-12(15(17,18)19)20-22-7-6-21(13(11)22)8-9-2-4-10(16)5-3-9/h2-5H,6-8H2,1H3. The Kier molecular flexibility index (Phi) is 4.16. The summed E-state index contributed by atoms with van der Waals surface area (Å²) in [5.41, 5.74) is -0.903. The molecule has 0 amide bonds. The minimum atomic E-state index is -4.73.